The number of amides is 1. The van der Waals surface area contributed by atoms with Gasteiger partial charge in [-0.15, -0.1) is 0 Å². The second-order valence-corrected chi connectivity index (χ2v) is 7.07. The number of likely N-dealkylation sites (tertiary alicyclic amines) is 1. The molecule has 1 saturated carbocycles. The maximum absolute atomic E-state index is 12.2. The number of fused-ring (bicyclic) bond motifs is 1. The van der Waals surface area contributed by atoms with Gasteiger partial charge in [0.25, 0.3) is 0 Å². The maximum atomic E-state index is 12.2. The molecule has 1 saturated heterocycles. The summed E-state index contributed by atoms with van der Waals surface area (Å²) in [4.78, 5) is 23.7. The fourth-order valence-corrected chi connectivity index (χ4v) is 3.20. The molecule has 2 aliphatic rings. The first-order chi connectivity index (χ1) is 8.59. The van der Waals surface area contributed by atoms with Crippen LogP contribution in [0, 0.1) is 17.3 Å². The van der Waals surface area contributed by atoms with Crippen LogP contribution >= 0.6 is 0 Å². The Bertz CT molecular complexity index is 410. The standard InChI is InChI=1S/C14H23NO4/c1-13(2,3)19-12(17)15-7-8-9(14(8,4)5)10(15)11(16)18-6/h8-10H,7H2,1-6H3/p+1/t8-,9-,10-/m0/s1. The lowest BCUT2D eigenvalue weighted by Gasteiger charge is -2.29. The van der Waals surface area contributed by atoms with Gasteiger partial charge in [-0.05, 0) is 32.1 Å². The second-order valence-electron chi connectivity index (χ2n) is 7.07. The van der Waals surface area contributed by atoms with E-state index < -0.39 is 5.60 Å². The van der Waals surface area contributed by atoms with Crippen LogP contribution in [0.2, 0.25) is 0 Å². The molecule has 19 heavy (non-hydrogen) atoms. The minimum atomic E-state index is -0.535. The summed E-state index contributed by atoms with van der Waals surface area (Å²) in [5.74, 6) is 0.561. The van der Waals surface area contributed by atoms with Gasteiger partial charge in [0.2, 0.25) is 0 Å². The van der Waals surface area contributed by atoms with Crippen molar-refractivity contribution in [2.75, 3.05) is 13.7 Å². The topological polar surface area (TPSA) is 60.2 Å². The zero-order chi connectivity index (χ0) is 14.6. The van der Waals surface area contributed by atoms with E-state index in [0.29, 0.717) is 12.5 Å². The molecule has 0 aromatic carbocycles. The largest absolute Gasteiger partial charge is 0.506 e. The van der Waals surface area contributed by atoms with E-state index in [4.69, 9.17) is 9.47 Å². The van der Waals surface area contributed by atoms with Gasteiger partial charge < -0.3 is 14.3 Å². The first-order valence-corrected chi connectivity index (χ1v) is 6.69. The molecule has 0 aromatic rings. The van der Waals surface area contributed by atoms with Gasteiger partial charge >= 0.3 is 12.1 Å². The second kappa shape index (κ2) is 4.12. The average Bonchev–Trinajstić information content (AvgIpc) is 2.65. The van der Waals surface area contributed by atoms with E-state index >= 15 is 0 Å². The third-order valence-electron chi connectivity index (χ3n) is 4.30. The predicted octanol–water partition coefficient (Wildman–Crippen LogP) is 2.03. The van der Waals surface area contributed by atoms with Crippen LogP contribution in [0.1, 0.15) is 34.6 Å². The van der Waals surface area contributed by atoms with Crippen molar-refractivity contribution in [2.24, 2.45) is 17.3 Å². The zero-order valence-corrected chi connectivity index (χ0v) is 12.6. The SMILES string of the molecule is COC(=[OH+])[C@@H]1[C@@H]2[C@H](CN1C(=O)OC(C)(C)C)C2(C)C. The summed E-state index contributed by atoms with van der Waals surface area (Å²) in [6.07, 6.45) is -0.385. The quantitative estimate of drug-likeness (QED) is 0.541. The van der Waals surface area contributed by atoms with Crippen molar-refractivity contribution in [3.05, 3.63) is 0 Å². The molecule has 1 amide bonds. The fraction of sp³-hybridized carbons (Fsp3) is 0.857. The Balaban J connectivity index is 2.14. The molecule has 2 rings (SSSR count). The molecule has 2 fully saturated rings. The number of esters is 1. The van der Waals surface area contributed by atoms with Crippen molar-refractivity contribution in [3.63, 3.8) is 0 Å². The molecule has 1 aliphatic heterocycles. The number of hydrogen-bond donors (Lipinski definition) is 0. The minimum Gasteiger partial charge on any atom is -0.444 e. The molecule has 0 aromatic heterocycles. The van der Waals surface area contributed by atoms with Gasteiger partial charge in [-0.1, -0.05) is 13.8 Å². The number of methoxy groups -OCH3 is 1. The monoisotopic (exact) mass is 270 g/mol. The van der Waals surface area contributed by atoms with Crippen LogP contribution in [0.4, 0.5) is 4.79 Å². The lowest BCUT2D eigenvalue weighted by atomic mass is 10.0. The van der Waals surface area contributed by atoms with Gasteiger partial charge in [-0.3, -0.25) is 4.90 Å². The molecule has 1 N–H and O–H groups in total. The summed E-state index contributed by atoms with van der Waals surface area (Å²) < 4.78 is 10.3. The third-order valence-corrected chi connectivity index (χ3v) is 4.30. The van der Waals surface area contributed by atoms with Crippen molar-refractivity contribution in [2.45, 2.75) is 46.3 Å². The molecule has 0 radical (unpaired) electrons. The van der Waals surface area contributed by atoms with Crippen molar-refractivity contribution in [3.8, 4) is 0 Å². The molecule has 108 valence electrons. The highest BCUT2D eigenvalue weighted by Crippen LogP contribution is 2.65. The van der Waals surface area contributed by atoms with E-state index in [1.165, 1.54) is 7.11 Å². The number of piperidine rings is 1. The zero-order valence-electron chi connectivity index (χ0n) is 12.6. The molecule has 5 heteroatoms. The van der Waals surface area contributed by atoms with Crippen LogP contribution < -0.4 is 0 Å². The number of nitrogens with zero attached hydrogens (tertiary/aromatic N) is 1. The number of carbonyl (C=O) groups is 1. The van der Waals surface area contributed by atoms with Crippen molar-refractivity contribution < 1.29 is 19.1 Å². The van der Waals surface area contributed by atoms with Crippen LogP contribution in [0.15, 0.2) is 0 Å². The lowest BCUT2D eigenvalue weighted by molar-refractivity contribution is 0.0193. The van der Waals surface area contributed by atoms with E-state index in [-0.39, 0.29) is 29.4 Å². The predicted molar refractivity (Wildman–Crippen MR) is 71.4 cm³/mol. The maximum Gasteiger partial charge on any atom is 0.506 e. The van der Waals surface area contributed by atoms with Crippen LogP contribution in [-0.2, 0) is 9.47 Å². The number of ether oxygens (including phenoxy) is 2. The van der Waals surface area contributed by atoms with E-state index in [1.807, 2.05) is 20.8 Å². The van der Waals surface area contributed by atoms with E-state index in [9.17, 15) is 9.59 Å². The Kier molecular flexibility index (Phi) is 3.07. The Morgan fingerprint density at radius 3 is 2.42 bits per heavy atom. The minimum absolute atomic E-state index is 0.0936. The Hall–Kier alpha value is -1.26. The summed E-state index contributed by atoms with van der Waals surface area (Å²) in [6, 6.07) is -0.389. The van der Waals surface area contributed by atoms with Crippen LogP contribution in [-0.4, -0.2) is 47.1 Å². The number of rotatable bonds is 1. The van der Waals surface area contributed by atoms with Gasteiger partial charge in [0.15, 0.2) is 13.2 Å². The highest BCUT2D eigenvalue weighted by molar-refractivity contribution is 5.84. The van der Waals surface area contributed by atoms with Crippen molar-refractivity contribution in [1.82, 2.24) is 4.90 Å². The fourth-order valence-electron chi connectivity index (χ4n) is 3.20. The van der Waals surface area contributed by atoms with Gasteiger partial charge in [-0.25, -0.2) is 4.79 Å². The Labute approximate surface area is 114 Å². The van der Waals surface area contributed by atoms with Gasteiger partial charge in [-0.2, -0.15) is 0 Å². The summed E-state index contributed by atoms with van der Waals surface area (Å²) in [5, 5.41) is 0. The molecule has 5 nitrogen and oxygen atoms in total. The summed E-state index contributed by atoms with van der Waals surface area (Å²) in [6.45, 7) is 10.4. The molecule has 3 atom stereocenters. The molecule has 0 spiro atoms. The summed E-state index contributed by atoms with van der Waals surface area (Å²) >= 11 is 0. The van der Waals surface area contributed by atoms with Gasteiger partial charge in [0.1, 0.15) is 5.60 Å². The van der Waals surface area contributed by atoms with Crippen LogP contribution in [0.3, 0.4) is 0 Å². The lowest BCUT2D eigenvalue weighted by Crippen LogP contribution is -2.47. The normalized spacial score (nSPS) is 31.7. The third kappa shape index (κ3) is 2.30. The van der Waals surface area contributed by atoms with Crippen LogP contribution in [0.25, 0.3) is 0 Å². The molecule has 0 bridgehead atoms. The average molecular weight is 270 g/mol. The summed E-state index contributed by atoms with van der Waals surface area (Å²) in [7, 11) is 1.42. The smallest absolute Gasteiger partial charge is 0.444 e. The van der Waals surface area contributed by atoms with E-state index in [0.717, 1.165) is 0 Å². The first kappa shape index (κ1) is 14.2. The number of carbonyl (C=O) groups excluding carboxylic acids is 2. The summed E-state index contributed by atoms with van der Waals surface area (Å²) in [5.41, 5.74) is -0.387. The molecule has 0 unspecified atom stereocenters. The van der Waals surface area contributed by atoms with Crippen LogP contribution in [0.5, 0.6) is 0 Å². The van der Waals surface area contributed by atoms with Gasteiger partial charge in [0, 0.05) is 12.5 Å². The van der Waals surface area contributed by atoms with Crippen molar-refractivity contribution in [1.29, 1.82) is 0 Å². The molecule has 1 heterocycles. The molecular weight excluding hydrogens is 246 g/mol. The highest BCUT2D eigenvalue weighted by atomic mass is 16.6. The van der Waals surface area contributed by atoms with Gasteiger partial charge in [0.05, 0.1) is 0 Å². The number of hydrogen-bond acceptors (Lipinski definition) is 3. The highest BCUT2D eigenvalue weighted by Gasteiger charge is 2.72. The van der Waals surface area contributed by atoms with E-state index in [2.05, 4.69) is 13.8 Å². The van der Waals surface area contributed by atoms with E-state index in [1.54, 1.807) is 4.90 Å². The Morgan fingerprint density at radius 1 is 1.37 bits per heavy atom. The van der Waals surface area contributed by atoms with Crippen molar-refractivity contribution >= 4 is 12.1 Å². The first-order valence-electron chi connectivity index (χ1n) is 6.69. The molecule has 1 aliphatic carbocycles. The molecular formula is C14H24NO4+. The Morgan fingerprint density at radius 2 is 1.95 bits per heavy atom.